The van der Waals surface area contributed by atoms with Gasteiger partial charge in [0.05, 0.1) is 31.5 Å². The maximum absolute atomic E-state index is 12.0. The van der Waals surface area contributed by atoms with E-state index in [1.54, 1.807) is 0 Å². The van der Waals surface area contributed by atoms with Crippen molar-refractivity contribution in [2.75, 3.05) is 9.44 Å². The van der Waals surface area contributed by atoms with Crippen molar-refractivity contribution in [3.63, 3.8) is 0 Å². The highest BCUT2D eigenvalue weighted by Crippen LogP contribution is 2.27. The first-order chi connectivity index (χ1) is 9.77. The van der Waals surface area contributed by atoms with E-state index in [0.29, 0.717) is 10.0 Å². The normalized spacial score (nSPS) is 11.2. The zero-order chi connectivity index (χ0) is 15.6. The fraction of sp³-hybridized carbons (Fsp3) is 0. The Morgan fingerprint density at radius 2 is 1.05 bits per heavy atom. The van der Waals surface area contributed by atoms with Gasteiger partial charge in [-0.05, 0) is 36.4 Å². The molecule has 0 saturated carbocycles. The molecule has 0 fully saturated rings. The standard InChI is InChI=1S/C12H8Cl4N2O2S/c13-9-3-1-7(5-11(9)15)17-21(19,20)18-8-2-4-10(14)12(16)6-8/h1-6,17-18H. The van der Waals surface area contributed by atoms with Crippen LogP contribution in [-0.4, -0.2) is 8.42 Å². The van der Waals surface area contributed by atoms with Crippen LogP contribution in [0.1, 0.15) is 0 Å². The number of hydrogen-bond donors (Lipinski definition) is 2. The molecule has 9 heteroatoms. The molecule has 0 heterocycles. The van der Waals surface area contributed by atoms with Crippen molar-refractivity contribution >= 4 is 68.0 Å². The first-order valence-electron chi connectivity index (χ1n) is 5.47. The van der Waals surface area contributed by atoms with Gasteiger partial charge in [-0.25, -0.2) is 0 Å². The molecule has 0 bridgehead atoms. The predicted octanol–water partition coefficient (Wildman–Crippen LogP) is 5.07. The summed E-state index contributed by atoms with van der Waals surface area (Å²) in [7, 11) is -3.85. The lowest BCUT2D eigenvalue weighted by Gasteiger charge is -2.11. The maximum Gasteiger partial charge on any atom is 0.321 e. The third-order valence-corrected chi connectivity index (χ3v) is 4.83. The smallest absolute Gasteiger partial charge is 0.267 e. The van der Waals surface area contributed by atoms with E-state index in [-0.39, 0.29) is 21.4 Å². The second-order valence-electron chi connectivity index (χ2n) is 3.97. The van der Waals surface area contributed by atoms with Gasteiger partial charge in [-0.1, -0.05) is 46.4 Å². The van der Waals surface area contributed by atoms with Crippen molar-refractivity contribution in [3.05, 3.63) is 56.5 Å². The number of halogens is 4. The summed E-state index contributed by atoms with van der Waals surface area (Å²) in [4.78, 5) is 0. The summed E-state index contributed by atoms with van der Waals surface area (Å²) in [6.07, 6.45) is 0. The van der Waals surface area contributed by atoms with Crippen molar-refractivity contribution in [3.8, 4) is 0 Å². The molecule has 0 aromatic heterocycles. The topological polar surface area (TPSA) is 58.2 Å². The van der Waals surface area contributed by atoms with Crippen LogP contribution in [0.15, 0.2) is 36.4 Å². The molecule has 2 aromatic carbocycles. The summed E-state index contributed by atoms with van der Waals surface area (Å²) in [6, 6.07) is 8.75. The molecule has 0 atom stereocenters. The number of nitrogens with one attached hydrogen (secondary N) is 2. The molecule has 2 rings (SSSR count). The molecule has 2 aromatic rings. The van der Waals surface area contributed by atoms with Gasteiger partial charge in [0.1, 0.15) is 0 Å². The molecule has 0 aliphatic rings. The first-order valence-corrected chi connectivity index (χ1v) is 8.47. The van der Waals surface area contributed by atoms with E-state index in [0.717, 1.165) is 0 Å². The molecule has 0 unspecified atom stereocenters. The van der Waals surface area contributed by atoms with Crippen LogP contribution < -0.4 is 9.44 Å². The summed E-state index contributed by atoms with van der Waals surface area (Å²) in [5.74, 6) is 0. The lowest BCUT2D eigenvalue weighted by atomic mass is 10.3. The van der Waals surface area contributed by atoms with E-state index in [1.807, 2.05) is 0 Å². The molecule has 0 radical (unpaired) electrons. The summed E-state index contributed by atoms with van der Waals surface area (Å²) in [5, 5.41) is 1.15. The Labute approximate surface area is 142 Å². The van der Waals surface area contributed by atoms with E-state index >= 15 is 0 Å². The summed E-state index contributed by atoms with van der Waals surface area (Å²) < 4.78 is 28.6. The van der Waals surface area contributed by atoms with Crippen molar-refractivity contribution in [1.29, 1.82) is 0 Å². The van der Waals surface area contributed by atoms with Crippen LogP contribution in [0.3, 0.4) is 0 Å². The van der Waals surface area contributed by atoms with Crippen molar-refractivity contribution in [2.45, 2.75) is 0 Å². The molecular formula is C12H8Cl4N2O2S. The van der Waals surface area contributed by atoms with Gasteiger partial charge in [0.25, 0.3) is 0 Å². The van der Waals surface area contributed by atoms with E-state index in [2.05, 4.69) is 9.44 Å². The van der Waals surface area contributed by atoms with Crippen LogP contribution in [0.2, 0.25) is 20.1 Å². The molecule has 0 aliphatic carbocycles. The third-order valence-electron chi connectivity index (χ3n) is 2.34. The van der Waals surface area contributed by atoms with Gasteiger partial charge in [0, 0.05) is 0 Å². The highest BCUT2D eigenvalue weighted by Gasteiger charge is 2.12. The largest absolute Gasteiger partial charge is 0.321 e. The highest BCUT2D eigenvalue weighted by molar-refractivity contribution is 7.94. The van der Waals surface area contributed by atoms with Crippen LogP contribution in [0, 0.1) is 0 Å². The average Bonchev–Trinajstić information content (AvgIpc) is 2.37. The molecule has 21 heavy (non-hydrogen) atoms. The molecule has 0 saturated heterocycles. The van der Waals surface area contributed by atoms with Gasteiger partial charge in [0.2, 0.25) is 0 Å². The third kappa shape index (κ3) is 4.56. The van der Waals surface area contributed by atoms with Gasteiger partial charge in [0.15, 0.2) is 0 Å². The number of benzene rings is 2. The van der Waals surface area contributed by atoms with Crippen LogP contribution in [-0.2, 0) is 10.2 Å². The Balaban J connectivity index is 2.18. The minimum absolute atomic E-state index is 0.242. The summed E-state index contributed by atoms with van der Waals surface area (Å²) >= 11 is 23.2. The van der Waals surface area contributed by atoms with Crippen molar-refractivity contribution in [1.82, 2.24) is 0 Å². The Hall–Kier alpha value is -0.850. The van der Waals surface area contributed by atoms with Crippen LogP contribution in [0.5, 0.6) is 0 Å². The Bertz CT molecular complexity index is 721. The molecule has 112 valence electrons. The summed E-state index contributed by atoms with van der Waals surface area (Å²) in [6.45, 7) is 0. The maximum atomic E-state index is 12.0. The average molecular weight is 386 g/mol. The van der Waals surface area contributed by atoms with E-state index < -0.39 is 10.2 Å². The van der Waals surface area contributed by atoms with Gasteiger partial charge in [-0.2, -0.15) is 8.42 Å². The lowest BCUT2D eigenvalue weighted by molar-refractivity contribution is 0.606. The zero-order valence-electron chi connectivity index (χ0n) is 10.2. The van der Waals surface area contributed by atoms with Gasteiger partial charge >= 0.3 is 10.2 Å². The molecule has 0 amide bonds. The minimum Gasteiger partial charge on any atom is -0.267 e. The Morgan fingerprint density at radius 3 is 1.38 bits per heavy atom. The quantitative estimate of drug-likeness (QED) is 0.771. The lowest BCUT2D eigenvalue weighted by Crippen LogP contribution is -2.21. The predicted molar refractivity (Wildman–Crippen MR) is 89.1 cm³/mol. The van der Waals surface area contributed by atoms with Crippen LogP contribution >= 0.6 is 46.4 Å². The monoisotopic (exact) mass is 384 g/mol. The Morgan fingerprint density at radius 1 is 0.667 bits per heavy atom. The summed E-state index contributed by atoms with van der Waals surface area (Å²) in [5.41, 5.74) is 0.550. The van der Waals surface area contributed by atoms with Crippen molar-refractivity contribution < 1.29 is 8.42 Å². The molecule has 0 spiro atoms. The van der Waals surface area contributed by atoms with Gasteiger partial charge in [-0.3, -0.25) is 9.44 Å². The number of rotatable bonds is 4. The van der Waals surface area contributed by atoms with Gasteiger partial charge < -0.3 is 0 Å². The molecule has 2 N–H and O–H groups in total. The van der Waals surface area contributed by atoms with E-state index in [1.165, 1.54) is 36.4 Å². The zero-order valence-corrected chi connectivity index (χ0v) is 14.0. The minimum atomic E-state index is -3.85. The fourth-order valence-corrected chi connectivity index (χ4v) is 2.98. The molecule has 4 nitrogen and oxygen atoms in total. The Kier molecular flexibility index (Phi) is 5.11. The SMILES string of the molecule is O=S(=O)(Nc1ccc(Cl)c(Cl)c1)Nc1ccc(Cl)c(Cl)c1. The number of hydrogen-bond acceptors (Lipinski definition) is 2. The van der Waals surface area contributed by atoms with E-state index in [9.17, 15) is 8.42 Å². The van der Waals surface area contributed by atoms with Crippen LogP contribution in [0.25, 0.3) is 0 Å². The molecule has 0 aliphatic heterocycles. The fourth-order valence-electron chi connectivity index (χ4n) is 1.46. The number of anilines is 2. The first kappa shape index (κ1) is 16.5. The highest BCUT2D eigenvalue weighted by atomic mass is 35.5. The van der Waals surface area contributed by atoms with Crippen molar-refractivity contribution in [2.24, 2.45) is 0 Å². The van der Waals surface area contributed by atoms with E-state index in [4.69, 9.17) is 46.4 Å². The van der Waals surface area contributed by atoms with Crippen LogP contribution in [0.4, 0.5) is 11.4 Å². The molecular weight excluding hydrogens is 378 g/mol. The second-order valence-corrected chi connectivity index (χ2v) is 7.01. The second kappa shape index (κ2) is 6.50. The van der Waals surface area contributed by atoms with Gasteiger partial charge in [-0.15, -0.1) is 0 Å².